The van der Waals surface area contributed by atoms with Crippen molar-refractivity contribution in [2.75, 3.05) is 6.54 Å². The smallest absolute Gasteiger partial charge is 0.181 e. The van der Waals surface area contributed by atoms with Gasteiger partial charge in [-0.25, -0.2) is 4.39 Å². The molecule has 0 radical (unpaired) electrons. The molecule has 1 fully saturated rings. The Kier molecular flexibility index (Phi) is 3.11. The van der Waals surface area contributed by atoms with Gasteiger partial charge in [0.2, 0.25) is 0 Å². The van der Waals surface area contributed by atoms with E-state index in [-0.39, 0.29) is 17.6 Å². The largest absolute Gasteiger partial charge is 0.347 e. The van der Waals surface area contributed by atoms with Gasteiger partial charge < -0.3 is 9.88 Å². The van der Waals surface area contributed by atoms with Crippen molar-refractivity contribution < 1.29 is 9.18 Å². The number of piperidine rings is 1. The van der Waals surface area contributed by atoms with Crippen molar-refractivity contribution >= 4 is 16.7 Å². The molecule has 1 saturated heterocycles. The number of halogens is 1. The van der Waals surface area contributed by atoms with Crippen LogP contribution in [0.15, 0.2) is 24.4 Å². The molecule has 1 aliphatic rings. The maximum Gasteiger partial charge on any atom is 0.181 e. The van der Waals surface area contributed by atoms with Crippen LogP contribution in [0.25, 0.3) is 10.9 Å². The SMILES string of the molecule is Cn1cc(C(=O)C2CCCCN2)c2cccc(F)c21. The van der Waals surface area contributed by atoms with Crippen LogP contribution in [0.1, 0.15) is 29.6 Å². The van der Waals surface area contributed by atoms with Gasteiger partial charge in [0.25, 0.3) is 0 Å². The van der Waals surface area contributed by atoms with Crippen LogP contribution in [0, 0.1) is 5.82 Å². The summed E-state index contributed by atoms with van der Waals surface area (Å²) in [5.41, 5.74) is 1.12. The number of nitrogens with one attached hydrogen (secondary N) is 1. The molecule has 2 aromatic rings. The number of aromatic nitrogens is 1. The molecule has 3 nitrogen and oxygen atoms in total. The first kappa shape index (κ1) is 12.4. The molecule has 0 spiro atoms. The monoisotopic (exact) mass is 260 g/mol. The number of benzene rings is 1. The average Bonchev–Trinajstić information content (AvgIpc) is 2.78. The zero-order valence-corrected chi connectivity index (χ0v) is 10.9. The number of nitrogens with zero attached hydrogens (tertiary/aromatic N) is 1. The first-order chi connectivity index (χ1) is 9.18. The number of carbonyl (C=O) groups excluding carboxylic acids is 1. The van der Waals surface area contributed by atoms with Gasteiger partial charge in [-0.1, -0.05) is 18.6 Å². The Labute approximate surface area is 111 Å². The molecule has 0 amide bonds. The molecule has 1 aromatic heterocycles. The highest BCUT2D eigenvalue weighted by Crippen LogP contribution is 2.25. The molecule has 1 atom stereocenters. The maximum absolute atomic E-state index is 13.8. The Balaban J connectivity index is 2.05. The first-order valence-electron chi connectivity index (χ1n) is 6.69. The summed E-state index contributed by atoms with van der Waals surface area (Å²) in [5.74, 6) is -0.202. The minimum Gasteiger partial charge on any atom is -0.347 e. The van der Waals surface area contributed by atoms with Crippen molar-refractivity contribution in [1.29, 1.82) is 0 Å². The molecular weight excluding hydrogens is 243 g/mol. The van der Waals surface area contributed by atoms with Gasteiger partial charge in [0, 0.05) is 24.2 Å². The van der Waals surface area contributed by atoms with Crippen molar-refractivity contribution in [3.8, 4) is 0 Å². The predicted octanol–water partition coefficient (Wildman–Crippen LogP) is 2.64. The van der Waals surface area contributed by atoms with E-state index in [0.29, 0.717) is 16.5 Å². The third-order valence-corrected chi connectivity index (χ3v) is 3.84. The summed E-state index contributed by atoms with van der Waals surface area (Å²) < 4.78 is 15.5. The lowest BCUT2D eigenvalue weighted by molar-refractivity contribution is 0.0928. The summed E-state index contributed by atoms with van der Waals surface area (Å²) in [6, 6.07) is 4.77. The Hall–Kier alpha value is -1.68. The first-order valence-corrected chi connectivity index (χ1v) is 6.69. The maximum atomic E-state index is 13.8. The number of ketones is 1. The normalized spacial score (nSPS) is 19.8. The lowest BCUT2D eigenvalue weighted by Gasteiger charge is -2.21. The second kappa shape index (κ2) is 4.78. The van der Waals surface area contributed by atoms with Gasteiger partial charge in [-0.3, -0.25) is 4.79 Å². The molecule has 1 N–H and O–H groups in total. The van der Waals surface area contributed by atoms with Gasteiger partial charge in [0.15, 0.2) is 5.78 Å². The fourth-order valence-electron chi connectivity index (χ4n) is 2.88. The van der Waals surface area contributed by atoms with Crippen molar-refractivity contribution in [3.63, 3.8) is 0 Å². The highest BCUT2D eigenvalue weighted by molar-refractivity contribution is 6.10. The Morgan fingerprint density at radius 1 is 1.42 bits per heavy atom. The zero-order valence-electron chi connectivity index (χ0n) is 10.9. The van der Waals surface area contributed by atoms with Gasteiger partial charge in [-0.05, 0) is 25.5 Å². The van der Waals surface area contributed by atoms with E-state index in [0.717, 1.165) is 25.8 Å². The molecule has 0 aliphatic carbocycles. The number of aryl methyl sites for hydroxylation is 1. The van der Waals surface area contributed by atoms with Gasteiger partial charge in [0.05, 0.1) is 11.6 Å². The summed E-state index contributed by atoms with van der Waals surface area (Å²) in [4.78, 5) is 12.5. The van der Waals surface area contributed by atoms with Crippen LogP contribution in [-0.4, -0.2) is 22.9 Å². The molecule has 19 heavy (non-hydrogen) atoms. The fraction of sp³-hybridized carbons (Fsp3) is 0.400. The quantitative estimate of drug-likeness (QED) is 0.842. The van der Waals surface area contributed by atoms with Gasteiger partial charge >= 0.3 is 0 Å². The molecule has 1 aliphatic heterocycles. The minimum absolute atomic E-state index is 0.0795. The summed E-state index contributed by atoms with van der Waals surface area (Å²) in [6.45, 7) is 0.884. The van der Waals surface area contributed by atoms with Gasteiger partial charge in [0.1, 0.15) is 5.82 Å². The van der Waals surface area contributed by atoms with E-state index >= 15 is 0 Å². The summed E-state index contributed by atoms with van der Waals surface area (Å²) in [7, 11) is 1.77. The van der Waals surface area contributed by atoms with Crippen LogP contribution in [0.5, 0.6) is 0 Å². The molecule has 3 rings (SSSR count). The summed E-state index contributed by atoms with van der Waals surface area (Å²) >= 11 is 0. The molecule has 2 heterocycles. The second-order valence-electron chi connectivity index (χ2n) is 5.16. The Morgan fingerprint density at radius 3 is 3.00 bits per heavy atom. The molecule has 0 bridgehead atoms. The highest BCUT2D eigenvalue weighted by Gasteiger charge is 2.25. The van der Waals surface area contributed by atoms with E-state index in [2.05, 4.69) is 5.32 Å². The van der Waals surface area contributed by atoms with Crippen molar-refractivity contribution in [1.82, 2.24) is 9.88 Å². The second-order valence-corrected chi connectivity index (χ2v) is 5.16. The molecule has 0 saturated carbocycles. The number of para-hydroxylation sites is 1. The van der Waals surface area contributed by atoms with Crippen LogP contribution >= 0.6 is 0 Å². The summed E-state index contributed by atoms with van der Waals surface area (Å²) in [6.07, 6.45) is 4.80. The van der Waals surface area contributed by atoms with E-state index in [9.17, 15) is 9.18 Å². The lowest BCUT2D eigenvalue weighted by atomic mass is 9.96. The van der Waals surface area contributed by atoms with Crippen LogP contribution in [0.4, 0.5) is 4.39 Å². The number of hydrogen-bond donors (Lipinski definition) is 1. The van der Waals surface area contributed by atoms with Gasteiger partial charge in [-0.2, -0.15) is 0 Å². The number of fused-ring (bicyclic) bond motifs is 1. The van der Waals surface area contributed by atoms with Gasteiger partial charge in [-0.15, -0.1) is 0 Å². The van der Waals surface area contributed by atoms with Crippen LogP contribution in [0.2, 0.25) is 0 Å². The van der Waals surface area contributed by atoms with E-state index in [1.165, 1.54) is 6.07 Å². The van der Waals surface area contributed by atoms with E-state index < -0.39 is 0 Å². The van der Waals surface area contributed by atoms with E-state index in [1.54, 1.807) is 23.9 Å². The predicted molar refractivity (Wildman–Crippen MR) is 72.8 cm³/mol. The van der Waals surface area contributed by atoms with Crippen LogP contribution in [-0.2, 0) is 7.05 Å². The molecular formula is C15H17FN2O. The van der Waals surface area contributed by atoms with E-state index in [4.69, 9.17) is 0 Å². The highest BCUT2D eigenvalue weighted by atomic mass is 19.1. The molecule has 1 aromatic carbocycles. The van der Waals surface area contributed by atoms with Crippen molar-refractivity contribution in [3.05, 3.63) is 35.8 Å². The van der Waals surface area contributed by atoms with Crippen molar-refractivity contribution in [2.24, 2.45) is 7.05 Å². The molecule has 100 valence electrons. The number of hydrogen-bond acceptors (Lipinski definition) is 2. The van der Waals surface area contributed by atoms with E-state index in [1.807, 2.05) is 6.07 Å². The summed E-state index contributed by atoms with van der Waals surface area (Å²) in [5, 5.41) is 3.96. The fourth-order valence-corrected chi connectivity index (χ4v) is 2.88. The van der Waals surface area contributed by atoms with Crippen LogP contribution in [0.3, 0.4) is 0 Å². The standard InChI is InChI=1S/C15H17FN2O/c1-18-9-11(10-5-4-6-12(16)14(10)18)15(19)13-7-2-3-8-17-13/h4-6,9,13,17H,2-3,7-8H2,1H3. The average molecular weight is 260 g/mol. The number of rotatable bonds is 2. The zero-order chi connectivity index (χ0) is 13.4. The topological polar surface area (TPSA) is 34.0 Å². The lowest BCUT2D eigenvalue weighted by Crippen LogP contribution is -2.40. The Bertz CT molecular complexity index is 626. The minimum atomic E-state index is -0.282. The molecule has 1 unspecified atom stereocenters. The third-order valence-electron chi connectivity index (χ3n) is 3.84. The third kappa shape index (κ3) is 2.06. The Morgan fingerprint density at radius 2 is 2.26 bits per heavy atom. The van der Waals surface area contributed by atoms with Crippen LogP contribution < -0.4 is 5.32 Å². The number of carbonyl (C=O) groups is 1. The number of Topliss-reactive ketones (excluding diaryl/α,β-unsaturated/α-hetero) is 1. The van der Waals surface area contributed by atoms with Crippen molar-refractivity contribution in [2.45, 2.75) is 25.3 Å². The molecule has 4 heteroatoms.